The minimum absolute atomic E-state index is 0.113. The quantitative estimate of drug-likeness (QED) is 0.0929. The minimum atomic E-state index is -0.409. The van der Waals surface area contributed by atoms with Gasteiger partial charge in [-0.2, -0.15) is 10.2 Å². The largest absolute Gasteiger partial charge is 0.360 e. The molecule has 0 aliphatic rings. The van der Waals surface area contributed by atoms with E-state index in [-0.39, 0.29) is 47.5 Å². The fourth-order valence-electron chi connectivity index (χ4n) is 5.44. The molecule has 47 heavy (non-hydrogen) atoms. The van der Waals surface area contributed by atoms with Gasteiger partial charge >= 0.3 is 11.4 Å². The Kier molecular flexibility index (Phi) is 9.28. The molecule has 2 aromatic heterocycles. The van der Waals surface area contributed by atoms with Crippen LogP contribution in [-0.4, -0.2) is 29.4 Å². The summed E-state index contributed by atoms with van der Waals surface area (Å²) >= 11 is 0. The molecule has 0 radical (unpaired) electrons. The topological polar surface area (TPSA) is 146 Å². The lowest BCUT2D eigenvalue weighted by Gasteiger charge is -2.11. The SMILES string of the molecule is O=[N+]([O-])c1c(-c2ccccc2)nn(CCCn2nc(-c3ccccc3)c([N+](=O)[O-])c2NCc2ccccc2)c1NCc1ccccc1. The van der Waals surface area contributed by atoms with Gasteiger partial charge in [0.05, 0.1) is 9.85 Å². The number of aryl methyl sites for hydroxylation is 2. The Labute approximate surface area is 270 Å². The average molecular weight is 629 g/mol. The molecule has 6 aromatic rings. The number of nitrogens with zero attached hydrogens (tertiary/aromatic N) is 6. The van der Waals surface area contributed by atoms with E-state index in [1.807, 2.05) is 97.1 Å². The normalized spacial score (nSPS) is 10.9. The summed E-state index contributed by atoms with van der Waals surface area (Å²) in [5, 5.41) is 40.8. The van der Waals surface area contributed by atoms with E-state index in [0.29, 0.717) is 30.6 Å². The van der Waals surface area contributed by atoms with E-state index in [0.717, 1.165) is 11.1 Å². The number of benzene rings is 4. The van der Waals surface area contributed by atoms with Crippen LogP contribution in [-0.2, 0) is 26.2 Å². The predicted octanol–water partition coefficient (Wildman–Crippen LogP) is 7.54. The first-order valence-corrected chi connectivity index (χ1v) is 15.2. The van der Waals surface area contributed by atoms with Gasteiger partial charge in [0.25, 0.3) is 0 Å². The van der Waals surface area contributed by atoms with E-state index in [4.69, 9.17) is 10.2 Å². The number of anilines is 2. The van der Waals surface area contributed by atoms with Crippen molar-refractivity contribution in [2.24, 2.45) is 0 Å². The Morgan fingerprint density at radius 3 is 1.21 bits per heavy atom. The highest BCUT2D eigenvalue weighted by atomic mass is 16.6. The van der Waals surface area contributed by atoms with Crippen LogP contribution in [0, 0.1) is 20.2 Å². The maximum Gasteiger partial charge on any atom is 0.338 e. The van der Waals surface area contributed by atoms with Gasteiger partial charge in [0.2, 0.25) is 11.6 Å². The van der Waals surface area contributed by atoms with Crippen LogP contribution in [0.25, 0.3) is 22.5 Å². The molecule has 0 saturated carbocycles. The lowest BCUT2D eigenvalue weighted by molar-refractivity contribution is -0.383. The lowest BCUT2D eigenvalue weighted by Crippen LogP contribution is -2.13. The van der Waals surface area contributed by atoms with Crippen LogP contribution in [0.4, 0.5) is 23.0 Å². The number of hydrogen-bond acceptors (Lipinski definition) is 8. The van der Waals surface area contributed by atoms with E-state index in [1.54, 1.807) is 33.6 Å². The lowest BCUT2D eigenvalue weighted by atomic mass is 10.1. The van der Waals surface area contributed by atoms with E-state index < -0.39 is 9.85 Å². The van der Waals surface area contributed by atoms with Crippen molar-refractivity contribution >= 4 is 23.0 Å². The second-order valence-corrected chi connectivity index (χ2v) is 10.8. The highest BCUT2D eigenvalue weighted by Crippen LogP contribution is 2.38. The first-order valence-electron chi connectivity index (χ1n) is 15.2. The van der Waals surface area contributed by atoms with Crippen molar-refractivity contribution in [3.8, 4) is 22.5 Å². The summed E-state index contributed by atoms with van der Waals surface area (Å²) in [6.07, 6.45) is 0.431. The van der Waals surface area contributed by atoms with Gasteiger partial charge in [-0.1, -0.05) is 121 Å². The van der Waals surface area contributed by atoms with Crippen LogP contribution < -0.4 is 10.6 Å². The molecule has 0 amide bonds. The molecule has 12 heteroatoms. The fourth-order valence-corrected chi connectivity index (χ4v) is 5.44. The fraction of sp³-hybridized carbons (Fsp3) is 0.143. The molecule has 2 heterocycles. The van der Waals surface area contributed by atoms with Crippen LogP contribution in [0.1, 0.15) is 17.5 Å². The number of aromatic nitrogens is 4. The first-order chi connectivity index (χ1) is 23.0. The highest BCUT2D eigenvalue weighted by molar-refractivity contribution is 5.79. The van der Waals surface area contributed by atoms with Crippen molar-refractivity contribution in [2.75, 3.05) is 10.6 Å². The number of rotatable bonds is 14. The van der Waals surface area contributed by atoms with Gasteiger partial charge in [-0.25, -0.2) is 9.36 Å². The Morgan fingerprint density at radius 2 is 0.872 bits per heavy atom. The zero-order valence-corrected chi connectivity index (χ0v) is 25.4. The summed E-state index contributed by atoms with van der Waals surface area (Å²) < 4.78 is 3.22. The highest BCUT2D eigenvalue weighted by Gasteiger charge is 2.31. The second-order valence-electron chi connectivity index (χ2n) is 10.8. The van der Waals surface area contributed by atoms with Gasteiger partial charge in [0, 0.05) is 37.3 Å². The summed E-state index contributed by atoms with van der Waals surface area (Å²) in [5.41, 5.74) is 3.47. The van der Waals surface area contributed by atoms with Crippen molar-refractivity contribution in [1.82, 2.24) is 19.6 Å². The molecular formula is C35H32N8O4. The van der Waals surface area contributed by atoms with Gasteiger partial charge in [-0.3, -0.25) is 20.2 Å². The molecule has 0 fully saturated rings. The number of nitrogens with one attached hydrogen (secondary N) is 2. The molecule has 0 spiro atoms. The first kappa shape index (κ1) is 30.7. The Morgan fingerprint density at radius 1 is 0.532 bits per heavy atom. The molecule has 2 N–H and O–H groups in total. The zero-order chi connectivity index (χ0) is 32.6. The monoisotopic (exact) mass is 628 g/mol. The third kappa shape index (κ3) is 7.01. The third-order valence-corrected chi connectivity index (χ3v) is 7.66. The van der Waals surface area contributed by atoms with Crippen LogP contribution >= 0.6 is 0 Å². The van der Waals surface area contributed by atoms with Gasteiger partial charge in [0.15, 0.2) is 11.4 Å². The second kappa shape index (κ2) is 14.2. The molecular weight excluding hydrogens is 596 g/mol. The molecule has 236 valence electrons. The standard InChI is InChI=1S/C35H32N8O4/c44-42(45)32-30(28-18-9-3-10-19-28)38-40(34(32)36-24-26-14-5-1-6-15-26)22-13-23-41-35(37-25-27-16-7-2-8-17-27)33(43(46)47)31(39-41)29-20-11-4-12-21-29/h1-12,14-21,36-37H,13,22-25H2. The van der Waals surface area contributed by atoms with E-state index in [2.05, 4.69) is 10.6 Å². The number of hydrogen-bond donors (Lipinski definition) is 2. The van der Waals surface area contributed by atoms with Crippen molar-refractivity contribution in [3.05, 3.63) is 153 Å². The Balaban J connectivity index is 1.33. The van der Waals surface area contributed by atoms with Crippen molar-refractivity contribution in [1.29, 1.82) is 0 Å². The van der Waals surface area contributed by atoms with Gasteiger partial charge in [0.1, 0.15) is 0 Å². The summed E-state index contributed by atoms with van der Waals surface area (Å²) in [4.78, 5) is 24.1. The van der Waals surface area contributed by atoms with Crippen molar-refractivity contribution in [3.63, 3.8) is 0 Å². The van der Waals surface area contributed by atoms with E-state index in [9.17, 15) is 20.2 Å². The molecule has 12 nitrogen and oxygen atoms in total. The van der Waals surface area contributed by atoms with Crippen LogP contribution in [0.2, 0.25) is 0 Å². The minimum Gasteiger partial charge on any atom is -0.360 e. The van der Waals surface area contributed by atoms with Gasteiger partial charge in [-0.05, 0) is 17.5 Å². The van der Waals surface area contributed by atoms with Crippen molar-refractivity contribution < 1.29 is 9.85 Å². The van der Waals surface area contributed by atoms with E-state index >= 15 is 0 Å². The summed E-state index contributed by atoms with van der Waals surface area (Å²) in [5.74, 6) is 0.577. The van der Waals surface area contributed by atoms with E-state index in [1.165, 1.54) is 0 Å². The molecule has 0 unspecified atom stereocenters. The molecule has 0 bridgehead atoms. The Bertz CT molecular complexity index is 1820. The van der Waals surface area contributed by atoms with Gasteiger partial charge < -0.3 is 10.6 Å². The number of nitro groups is 2. The maximum atomic E-state index is 12.4. The Hall–Kier alpha value is -6.30. The molecule has 4 aromatic carbocycles. The van der Waals surface area contributed by atoms with Crippen LogP contribution in [0.3, 0.4) is 0 Å². The molecule has 0 aliphatic carbocycles. The third-order valence-electron chi connectivity index (χ3n) is 7.66. The predicted molar refractivity (Wildman–Crippen MR) is 181 cm³/mol. The maximum absolute atomic E-state index is 12.4. The molecule has 0 atom stereocenters. The van der Waals surface area contributed by atoms with Crippen LogP contribution in [0.5, 0.6) is 0 Å². The molecule has 0 aliphatic heterocycles. The zero-order valence-electron chi connectivity index (χ0n) is 25.4. The summed E-state index contributed by atoms with van der Waals surface area (Å²) in [6, 6.07) is 37.3. The van der Waals surface area contributed by atoms with Gasteiger partial charge in [-0.15, -0.1) is 0 Å². The summed E-state index contributed by atoms with van der Waals surface area (Å²) in [6.45, 7) is 1.30. The molecule has 6 rings (SSSR count). The van der Waals surface area contributed by atoms with Crippen LogP contribution in [0.15, 0.2) is 121 Å². The summed E-state index contributed by atoms with van der Waals surface area (Å²) in [7, 11) is 0. The van der Waals surface area contributed by atoms with Crippen molar-refractivity contribution in [2.45, 2.75) is 32.6 Å². The average Bonchev–Trinajstić information content (AvgIpc) is 3.67. The smallest absolute Gasteiger partial charge is 0.338 e. The molecule has 0 saturated heterocycles.